The van der Waals surface area contributed by atoms with Gasteiger partial charge in [-0.1, -0.05) is 6.07 Å². The van der Waals surface area contributed by atoms with Gasteiger partial charge in [-0.05, 0) is 55.5 Å². The van der Waals surface area contributed by atoms with Gasteiger partial charge < -0.3 is 15.0 Å². The number of carbonyl (C=O) groups is 1. The van der Waals surface area contributed by atoms with Crippen LogP contribution >= 0.6 is 0 Å². The highest BCUT2D eigenvalue weighted by Crippen LogP contribution is 2.38. The number of aryl methyl sites for hydroxylation is 3. The van der Waals surface area contributed by atoms with E-state index in [1.807, 2.05) is 11.8 Å². The first-order valence-corrected chi connectivity index (χ1v) is 11.5. The number of fused-ring (bicyclic) bond motifs is 1. The van der Waals surface area contributed by atoms with Crippen LogP contribution in [0.2, 0.25) is 0 Å². The van der Waals surface area contributed by atoms with Crippen molar-refractivity contribution >= 4 is 11.7 Å². The molecule has 2 aliphatic rings. The Labute approximate surface area is 200 Å². The second kappa shape index (κ2) is 8.82. The molecule has 0 saturated carbocycles. The Hall–Kier alpha value is -3.70. The van der Waals surface area contributed by atoms with E-state index in [2.05, 4.69) is 36.5 Å². The molecular weight excluding hydrogens is 458 g/mol. The summed E-state index contributed by atoms with van der Waals surface area (Å²) in [7, 11) is 1.73. The van der Waals surface area contributed by atoms with Gasteiger partial charge >= 0.3 is 6.61 Å². The molecule has 0 aliphatic carbocycles. The molecule has 1 fully saturated rings. The Morgan fingerprint density at radius 3 is 2.80 bits per heavy atom. The molecule has 12 heteroatoms. The molecule has 2 atom stereocenters. The van der Waals surface area contributed by atoms with Crippen molar-refractivity contribution in [3.8, 4) is 17.3 Å². The number of ether oxygens (including phenoxy) is 1. The van der Waals surface area contributed by atoms with Crippen LogP contribution in [-0.4, -0.2) is 66.2 Å². The molecule has 0 bridgehead atoms. The summed E-state index contributed by atoms with van der Waals surface area (Å²) < 4.78 is 29.0. The lowest BCUT2D eigenvalue weighted by Gasteiger charge is -2.36. The molecule has 10 nitrogen and oxygen atoms in total. The Morgan fingerprint density at radius 2 is 2.11 bits per heavy atom. The van der Waals surface area contributed by atoms with Crippen LogP contribution < -0.4 is 10.1 Å². The summed E-state index contributed by atoms with van der Waals surface area (Å²) in [6.45, 7) is 1.99. The minimum Gasteiger partial charge on any atom is -0.417 e. The molecule has 3 aromatic heterocycles. The summed E-state index contributed by atoms with van der Waals surface area (Å²) in [6.07, 6.45) is 3.93. The van der Waals surface area contributed by atoms with Crippen molar-refractivity contribution in [1.82, 2.24) is 35.1 Å². The number of amides is 1. The first-order valence-electron chi connectivity index (χ1n) is 11.5. The number of anilines is 1. The number of tetrazole rings is 1. The lowest BCUT2D eigenvalue weighted by atomic mass is 9.86. The summed E-state index contributed by atoms with van der Waals surface area (Å²) in [5.41, 5.74) is 3.19. The number of aromatic nitrogens is 6. The molecule has 5 heterocycles. The van der Waals surface area contributed by atoms with Gasteiger partial charge in [0, 0.05) is 30.9 Å². The fraction of sp³-hybridized carbons (Fsp3) is 0.478. The zero-order valence-corrected chi connectivity index (χ0v) is 19.7. The van der Waals surface area contributed by atoms with E-state index in [0.717, 1.165) is 41.9 Å². The third-order valence-corrected chi connectivity index (χ3v) is 6.80. The SMILES string of the molecule is Cc1nc2c(cc1-c1nnn(C)n1)CC[C@@]1(CCN(C(=O)[C@H](C)c3ccc(OC(F)F)nc3)C1)N2. The number of rotatable bonds is 5. The highest BCUT2D eigenvalue weighted by Gasteiger charge is 2.43. The van der Waals surface area contributed by atoms with Gasteiger partial charge in [0.25, 0.3) is 0 Å². The molecule has 5 rings (SSSR count). The molecule has 184 valence electrons. The van der Waals surface area contributed by atoms with Gasteiger partial charge in [-0.25, -0.2) is 9.97 Å². The molecule has 1 amide bonds. The van der Waals surface area contributed by atoms with Crippen molar-refractivity contribution in [1.29, 1.82) is 0 Å². The molecule has 35 heavy (non-hydrogen) atoms. The lowest BCUT2D eigenvalue weighted by molar-refractivity contribution is -0.131. The molecule has 1 N–H and O–H groups in total. The average Bonchev–Trinajstić information content (AvgIpc) is 3.44. The van der Waals surface area contributed by atoms with Crippen molar-refractivity contribution in [3.63, 3.8) is 0 Å². The smallest absolute Gasteiger partial charge is 0.388 e. The molecule has 2 aliphatic heterocycles. The van der Waals surface area contributed by atoms with Crippen molar-refractivity contribution < 1.29 is 18.3 Å². The quantitative estimate of drug-likeness (QED) is 0.589. The Balaban J connectivity index is 1.28. The predicted molar refractivity (Wildman–Crippen MR) is 122 cm³/mol. The lowest BCUT2D eigenvalue weighted by Crippen LogP contribution is -2.46. The standard InChI is InChI=1S/C23H26F2N8O2/c1-13(16-4-5-18(26-11-16)35-22(24)25)21(34)33-9-8-23(12-33)7-6-15-10-17(14(2)27-19(15)28-23)20-29-31-32(3)30-20/h4-5,10-11,13,22H,6-9,12H2,1-3H3,(H,27,28)/t13-,23+/m1/s1. The molecule has 1 saturated heterocycles. The molecule has 0 radical (unpaired) electrons. The molecular formula is C23H26F2N8O2. The van der Waals surface area contributed by atoms with Gasteiger partial charge in [-0.3, -0.25) is 4.79 Å². The summed E-state index contributed by atoms with van der Waals surface area (Å²) in [5, 5.41) is 15.9. The van der Waals surface area contributed by atoms with Gasteiger partial charge in [-0.15, -0.1) is 10.2 Å². The maximum Gasteiger partial charge on any atom is 0.388 e. The van der Waals surface area contributed by atoms with E-state index in [-0.39, 0.29) is 17.3 Å². The number of nitrogens with zero attached hydrogens (tertiary/aromatic N) is 7. The van der Waals surface area contributed by atoms with Crippen LogP contribution in [0.1, 0.15) is 42.5 Å². The van der Waals surface area contributed by atoms with Crippen molar-refractivity contribution in [3.05, 3.63) is 41.2 Å². The average molecular weight is 485 g/mol. The minimum atomic E-state index is -2.94. The predicted octanol–water partition coefficient (Wildman–Crippen LogP) is 2.71. The van der Waals surface area contributed by atoms with Crippen molar-refractivity contribution in [2.24, 2.45) is 7.05 Å². The monoisotopic (exact) mass is 484 g/mol. The number of hydrogen-bond acceptors (Lipinski definition) is 8. The van der Waals surface area contributed by atoms with Crippen LogP contribution in [-0.2, 0) is 18.3 Å². The Morgan fingerprint density at radius 1 is 1.29 bits per heavy atom. The Kier molecular flexibility index (Phi) is 5.81. The summed E-state index contributed by atoms with van der Waals surface area (Å²) >= 11 is 0. The zero-order chi connectivity index (χ0) is 24.7. The molecule has 3 aromatic rings. The fourth-order valence-electron chi connectivity index (χ4n) is 4.84. The molecule has 1 spiro atoms. The van der Waals surface area contributed by atoms with Gasteiger partial charge in [0.1, 0.15) is 5.82 Å². The van der Waals surface area contributed by atoms with E-state index >= 15 is 0 Å². The van der Waals surface area contributed by atoms with Gasteiger partial charge in [0.05, 0.1) is 24.2 Å². The van der Waals surface area contributed by atoms with Crippen LogP contribution in [0.25, 0.3) is 11.4 Å². The maximum absolute atomic E-state index is 13.2. The second-order valence-corrected chi connectivity index (χ2v) is 9.18. The third-order valence-electron chi connectivity index (χ3n) is 6.80. The van der Waals surface area contributed by atoms with Crippen LogP contribution in [0.3, 0.4) is 0 Å². The highest BCUT2D eigenvalue weighted by molar-refractivity contribution is 5.84. The summed E-state index contributed by atoms with van der Waals surface area (Å²) in [4.78, 5) is 25.2. The van der Waals surface area contributed by atoms with E-state index < -0.39 is 12.5 Å². The number of likely N-dealkylation sites (tertiary alicyclic amines) is 1. The normalized spacial score (nSPS) is 20.1. The minimum absolute atomic E-state index is 0.0213. The van der Waals surface area contributed by atoms with Crippen molar-refractivity contribution in [2.75, 3.05) is 18.4 Å². The van der Waals surface area contributed by atoms with Gasteiger partial charge in [0.2, 0.25) is 17.6 Å². The number of hydrogen-bond donors (Lipinski definition) is 1. The van der Waals surface area contributed by atoms with E-state index in [1.165, 1.54) is 17.1 Å². The number of alkyl halides is 2. The van der Waals surface area contributed by atoms with Crippen LogP contribution in [0.4, 0.5) is 14.6 Å². The maximum atomic E-state index is 13.2. The topological polar surface area (TPSA) is 111 Å². The molecule has 0 aromatic carbocycles. The third kappa shape index (κ3) is 4.52. The van der Waals surface area contributed by atoms with Crippen LogP contribution in [0, 0.1) is 6.92 Å². The number of nitrogens with one attached hydrogen (secondary N) is 1. The van der Waals surface area contributed by atoms with E-state index in [4.69, 9.17) is 4.98 Å². The van der Waals surface area contributed by atoms with E-state index in [0.29, 0.717) is 24.5 Å². The number of carbonyl (C=O) groups excluding carboxylic acids is 1. The van der Waals surface area contributed by atoms with Gasteiger partial charge in [-0.2, -0.15) is 13.6 Å². The zero-order valence-electron chi connectivity index (χ0n) is 19.7. The number of halogens is 2. The van der Waals surface area contributed by atoms with Crippen LogP contribution in [0.5, 0.6) is 5.88 Å². The van der Waals surface area contributed by atoms with Crippen LogP contribution in [0.15, 0.2) is 24.4 Å². The van der Waals surface area contributed by atoms with Crippen molar-refractivity contribution in [2.45, 2.75) is 51.2 Å². The van der Waals surface area contributed by atoms with Gasteiger partial charge in [0.15, 0.2) is 0 Å². The molecule has 0 unspecified atom stereocenters. The largest absolute Gasteiger partial charge is 0.417 e. The highest BCUT2D eigenvalue weighted by atomic mass is 19.3. The first-order chi connectivity index (χ1) is 16.7. The summed E-state index contributed by atoms with van der Waals surface area (Å²) in [5.74, 6) is 0.747. The first kappa shape index (κ1) is 23.1. The summed E-state index contributed by atoms with van der Waals surface area (Å²) in [6, 6.07) is 5.03. The Bertz CT molecular complexity index is 1250. The number of pyridine rings is 2. The second-order valence-electron chi connectivity index (χ2n) is 9.18. The van der Waals surface area contributed by atoms with E-state index in [1.54, 1.807) is 20.0 Å². The fourth-order valence-corrected chi connectivity index (χ4v) is 4.84. The van der Waals surface area contributed by atoms with E-state index in [9.17, 15) is 13.6 Å².